The van der Waals surface area contributed by atoms with Crippen LogP contribution in [-0.2, 0) is 4.74 Å². The number of aromatic amines is 1. The molecule has 1 amide bonds. The molecule has 11 heteroatoms. The highest BCUT2D eigenvalue weighted by atomic mass is 35.5. The van der Waals surface area contributed by atoms with Crippen LogP contribution in [0.25, 0.3) is 22.2 Å². The number of carbonyl (C=O) groups excluding carboxylic acids is 2. The van der Waals surface area contributed by atoms with Crippen molar-refractivity contribution in [2.45, 2.75) is 40.7 Å². The Morgan fingerprint density at radius 3 is 2.25 bits per heavy atom. The number of rotatable bonds is 11. The SMILES string of the molecule is C=CN(/C(=C(\C)c1ccccc1)c1c(C(=O)Nc2cc(C(=O)OC)ccc2N2CCN(CC(C)(C)C)CC2)[nH]c2cc(Cl)ccc12)C(C)c1ccc(Cl)cc1Cl. The first-order valence-corrected chi connectivity index (χ1v) is 19.8. The van der Waals surface area contributed by atoms with Crippen molar-refractivity contribution in [2.24, 2.45) is 5.41 Å². The monoisotopic (exact) mass is 811 g/mol. The second-order valence-electron chi connectivity index (χ2n) is 15.3. The normalized spacial score (nSPS) is 14.6. The fourth-order valence-electron chi connectivity index (χ4n) is 7.51. The Morgan fingerprint density at radius 2 is 1.61 bits per heavy atom. The van der Waals surface area contributed by atoms with Crippen LogP contribution in [0.15, 0.2) is 97.7 Å². The molecule has 5 aromatic rings. The number of fused-ring (bicyclic) bond motifs is 1. The van der Waals surface area contributed by atoms with E-state index in [1.807, 2.05) is 85.5 Å². The van der Waals surface area contributed by atoms with E-state index in [4.69, 9.17) is 39.5 Å². The van der Waals surface area contributed by atoms with Crippen LogP contribution < -0.4 is 10.2 Å². The van der Waals surface area contributed by atoms with Crippen LogP contribution in [0.2, 0.25) is 15.1 Å². The number of anilines is 2. The molecule has 1 saturated heterocycles. The standard InChI is InChI=1S/C45H48Cl3N5O3/c1-8-53(29(3)34-17-15-32(46)25-36(34)48)42(28(2)30-12-10-9-11-13-30)40-35-18-16-33(47)26-37(35)49-41(40)43(54)50-38-24-31(44(55)56-7)14-19-39(38)52-22-20-51(21-23-52)27-45(4,5)6/h8-19,24-26,29,49H,1,20-23,27H2,2-7H3,(H,50,54)/b42-28+. The molecule has 1 atom stereocenters. The highest BCUT2D eigenvalue weighted by Gasteiger charge is 2.30. The molecule has 2 N–H and O–H groups in total. The lowest BCUT2D eigenvalue weighted by Crippen LogP contribution is -2.48. The number of nitrogens with zero attached hydrogens (tertiary/aromatic N) is 3. The minimum absolute atomic E-state index is 0.178. The second kappa shape index (κ2) is 17.2. The van der Waals surface area contributed by atoms with E-state index in [2.05, 4.69) is 47.5 Å². The van der Waals surface area contributed by atoms with Gasteiger partial charge in [-0.25, -0.2) is 4.79 Å². The highest BCUT2D eigenvalue weighted by Crippen LogP contribution is 2.43. The molecule has 1 aliphatic rings. The van der Waals surface area contributed by atoms with Crippen LogP contribution in [0.4, 0.5) is 11.4 Å². The number of hydrogen-bond donors (Lipinski definition) is 2. The number of hydrogen-bond acceptors (Lipinski definition) is 6. The zero-order valence-electron chi connectivity index (χ0n) is 32.7. The number of benzene rings is 4. The summed E-state index contributed by atoms with van der Waals surface area (Å²) in [6.45, 7) is 19.3. The molecule has 56 heavy (non-hydrogen) atoms. The summed E-state index contributed by atoms with van der Waals surface area (Å²) in [6, 6.07) is 26.0. The number of halogens is 3. The summed E-state index contributed by atoms with van der Waals surface area (Å²) in [7, 11) is 1.34. The summed E-state index contributed by atoms with van der Waals surface area (Å²) in [5.74, 6) is -0.898. The van der Waals surface area contributed by atoms with E-state index in [-0.39, 0.29) is 11.5 Å². The molecule has 1 fully saturated rings. The van der Waals surface area contributed by atoms with Gasteiger partial charge >= 0.3 is 5.97 Å². The van der Waals surface area contributed by atoms with Crippen molar-refractivity contribution < 1.29 is 14.3 Å². The molecular weight excluding hydrogens is 765 g/mol. The lowest BCUT2D eigenvalue weighted by molar-refractivity contribution is 0.0600. The topological polar surface area (TPSA) is 80.9 Å². The first-order valence-electron chi connectivity index (χ1n) is 18.6. The van der Waals surface area contributed by atoms with Gasteiger partial charge in [-0.1, -0.05) is 105 Å². The fourth-order valence-corrected chi connectivity index (χ4v) is 8.25. The summed E-state index contributed by atoms with van der Waals surface area (Å²) >= 11 is 19.7. The van der Waals surface area contributed by atoms with Crippen molar-refractivity contribution in [3.05, 3.63) is 141 Å². The molecule has 4 aromatic carbocycles. The van der Waals surface area contributed by atoms with Crippen LogP contribution in [0.3, 0.4) is 0 Å². The Bertz CT molecular complexity index is 2290. The van der Waals surface area contributed by atoms with Crippen LogP contribution in [-0.4, -0.2) is 66.5 Å². The molecule has 6 rings (SSSR count). The molecule has 0 bridgehead atoms. The smallest absolute Gasteiger partial charge is 0.337 e. The zero-order chi connectivity index (χ0) is 40.3. The number of carbonyl (C=O) groups is 2. The van der Waals surface area contributed by atoms with E-state index in [1.165, 1.54) is 7.11 Å². The number of H-pyrrole nitrogens is 1. The maximum Gasteiger partial charge on any atom is 0.337 e. The number of aromatic nitrogens is 1. The van der Waals surface area contributed by atoms with E-state index < -0.39 is 11.9 Å². The fraction of sp³-hybridized carbons (Fsp3) is 0.289. The minimum atomic E-state index is -0.497. The second-order valence-corrected chi connectivity index (χ2v) is 16.6. The first-order chi connectivity index (χ1) is 26.7. The molecule has 0 spiro atoms. The third-order valence-corrected chi connectivity index (χ3v) is 10.9. The number of esters is 1. The molecular formula is C45H48Cl3N5O3. The first kappa shape index (κ1) is 40.9. The Labute approximate surface area is 344 Å². The third-order valence-electron chi connectivity index (χ3n) is 10.1. The number of methoxy groups -OCH3 is 1. The summed E-state index contributed by atoms with van der Waals surface area (Å²) in [5, 5.41) is 5.54. The van der Waals surface area contributed by atoms with Crippen molar-refractivity contribution in [3.63, 3.8) is 0 Å². The van der Waals surface area contributed by atoms with Gasteiger partial charge in [0, 0.05) is 64.3 Å². The number of nitrogens with one attached hydrogen (secondary N) is 2. The molecule has 0 radical (unpaired) electrons. The maximum absolute atomic E-state index is 15.0. The van der Waals surface area contributed by atoms with Gasteiger partial charge < -0.3 is 24.8 Å². The maximum atomic E-state index is 15.0. The van der Waals surface area contributed by atoms with Crippen molar-refractivity contribution in [3.8, 4) is 0 Å². The van der Waals surface area contributed by atoms with Gasteiger partial charge in [-0.3, -0.25) is 9.69 Å². The lowest BCUT2D eigenvalue weighted by atomic mass is 9.95. The number of piperazine rings is 1. The Hall–Kier alpha value is -4.73. The van der Waals surface area contributed by atoms with E-state index in [0.29, 0.717) is 43.1 Å². The van der Waals surface area contributed by atoms with Gasteiger partial charge in [0.1, 0.15) is 5.69 Å². The molecule has 2 heterocycles. The Kier molecular flexibility index (Phi) is 12.6. The molecule has 0 aliphatic carbocycles. The van der Waals surface area contributed by atoms with Gasteiger partial charge in [0.05, 0.1) is 35.8 Å². The van der Waals surface area contributed by atoms with Crippen molar-refractivity contribution >= 4 is 80.2 Å². The summed E-state index contributed by atoms with van der Waals surface area (Å²) in [6.07, 6.45) is 1.76. The van der Waals surface area contributed by atoms with E-state index >= 15 is 0 Å². The molecule has 1 aromatic heterocycles. The highest BCUT2D eigenvalue weighted by molar-refractivity contribution is 6.35. The van der Waals surface area contributed by atoms with Gasteiger partial charge in [0.15, 0.2) is 0 Å². The summed E-state index contributed by atoms with van der Waals surface area (Å²) < 4.78 is 5.08. The number of amides is 1. The third kappa shape index (κ3) is 8.95. The largest absolute Gasteiger partial charge is 0.465 e. The Morgan fingerprint density at radius 1 is 0.929 bits per heavy atom. The summed E-state index contributed by atoms with van der Waals surface area (Å²) in [5.41, 5.74) is 6.87. The Balaban J connectivity index is 1.50. The average molecular weight is 813 g/mol. The van der Waals surface area contributed by atoms with E-state index in [1.54, 1.807) is 24.4 Å². The molecule has 1 aliphatic heterocycles. The molecule has 8 nitrogen and oxygen atoms in total. The van der Waals surface area contributed by atoms with Gasteiger partial charge in [-0.05, 0) is 84.6 Å². The van der Waals surface area contributed by atoms with Crippen molar-refractivity contribution in [2.75, 3.05) is 50.1 Å². The number of allylic oxidation sites excluding steroid dienone is 1. The van der Waals surface area contributed by atoms with Crippen LogP contribution in [0.5, 0.6) is 0 Å². The number of ether oxygens (including phenoxy) is 1. The van der Waals surface area contributed by atoms with E-state index in [9.17, 15) is 9.59 Å². The summed E-state index contributed by atoms with van der Waals surface area (Å²) in [4.78, 5) is 37.9. The van der Waals surface area contributed by atoms with Gasteiger partial charge in [-0.2, -0.15) is 0 Å². The van der Waals surface area contributed by atoms with Crippen LogP contribution in [0, 0.1) is 5.41 Å². The van der Waals surface area contributed by atoms with Crippen LogP contribution >= 0.6 is 34.8 Å². The lowest BCUT2D eigenvalue weighted by Gasteiger charge is -2.39. The van der Waals surface area contributed by atoms with Gasteiger partial charge in [0.2, 0.25) is 0 Å². The quantitative estimate of drug-likeness (QED) is 0.129. The van der Waals surface area contributed by atoms with Gasteiger partial charge in [0.25, 0.3) is 5.91 Å². The molecule has 1 unspecified atom stereocenters. The van der Waals surface area contributed by atoms with E-state index in [0.717, 1.165) is 66.2 Å². The minimum Gasteiger partial charge on any atom is -0.465 e. The average Bonchev–Trinajstić information content (AvgIpc) is 3.54. The van der Waals surface area contributed by atoms with Crippen molar-refractivity contribution in [1.29, 1.82) is 0 Å². The molecule has 292 valence electrons. The van der Waals surface area contributed by atoms with Crippen LogP contribution in [0.1, 0.15) is 78.2 Å². The van der Waals surface area contributed by atoms with Crippen molar-refractivity contribution in [1.82, 2.24) is 14.8 Å². The van der Waals surface area contributed by atoms with Gasteiger partial charge in [-0.15, -0.1) is 0 Å². The predicted octanol–water partition coefficient (Wildman–Crippen LogP) is 11.4. The molecule has 0 saturated carbocycles. The predicted molar refractivity (Wildman–Crippen MR) is 233 cm³/mol. The zero-order valence-corrected chi connectivity index (χ0v) is 34.9.